The molecule has 2 heterocycles. The number of likely N-dealkylation sites (N-methyl/N-ethyl adjacent to an activating group) is 1. The molecule has 1 atom stereocenters. The molecule has 1 aliphatic rings. The van der Waals surface area contributed by atoms with Gasteiger partial charge in [0.05, 0.1) is 6.04 Å². The number of allylic oxidation sites excluding steroid dienone is 1. The summed E-state index contributed by atoms with van der Waals surface area (Å²) in [4.78, 5) is 21.9. The molecule has 1 saturated heterocycles. The van der Waals surface area contributed by atoms with Crippen LogP contribution in [0.4, 0.5) is 5.82 Å². The Morgan fingerprint density at radius 3 is 3.06 bits per heavy atom. The number of aromatic nitrogens is 2. The summed E-state index contributed by atoms with van der Waals surface area (Å²) < 4.78 is 0. The summed E-state index contributed by atoms with van der Waals surface area (Å²) in [5.41, 5.74) is 0.798. The first-order valence-corrected chi connectivity index (χ1v) is 5.69. The number of nitrogens with one attached hydrogen (secondary N) is 1. The van der Waals surface area contributed by atoms with E-state index in [0.29, 0.717) is 5.82 Å². The molecule has 0 saturated carbocycles. The molecule has 1 aromatic heterocycles. The third-order valence-electron chi connectivity index (χ3n) is 2.94. The molecular formula is C12H16N4O. The first-order chi connectivity index (χ1) is 8.24. The molecule has 1 N–H and O–H groups in total. The van der Waals surface area contributed by atoms with Crippen LogP contribution in [0.5, 0.6) is 0 Å². The van der Waals surface area contributed by atoms with Gasteiger partial charge in [-0.3, -0.25) is 9.69 Å². The molecule has 1 fully saturated rings. The highest BCUT2D eigenvalue weighted by molar-refractivity contribution is 5.99. The lowest BCUT2D eigenvalue weighted by Gasteiger charge is -2.24. The van der Waals surface area contributed by atoms with Gasteiger partial charge in [-0.15, -0.1) is 0 Å². The van der Waals surface area contributed by atoms with E-state index < -0.39 is 0 Å². The molecule has 0 aromatic carbocycles. The molecule has 2 rings (SSSR count). The van der Waals surface area contributed by atoms with Crippen molar-refractivity contribution in [3.63, 3.8) is 0 Å². The zero-order chi connectivity index (χ0) is 12.3. The van der Waals surface area contributed by atoms with Crippen LogP contribution in [0.1, 0.15) is 19.3 Å². The fourth-order valence-corrected chi connectivity index (χ4v) is 2.02. The largest absolute Gasteiger partial charge is 0.309 e. The molecule has 90 valence electrons. The van der Waals surface area contributed by atoms with Crippen LogP contribution in [0.25, 0.3) is 0 Å². The topological polar surface area (TPSA) is 58.1 Å². The van der Waals surface area contributed by atoms with Crippen LogP contribution < -0.4 is 10.2 Å². The SMILES string of the molecule is C=C1CCCC(NC)C(=O)N1c1ccncn1. The number of carbonyl (C=O) groups excluding carboxylic acids is 1. The average molecular weight is 232 g/mol. The highest BCUT2D eigenvalue weighted by Gasteiger charge is 2.29. The molecular weight excluding hydrogens is 216 g/mol. The van der Waals surface area contributed by atoms with E-state index in [1.54, 1.807) is 24.2 Å². The Morgan fingerprint density at radius 2 is 2.41 bits per heavy atom. The minimum Gasteiger partial charge on any atom is -0.309 e. The second-order valence-corrected chi connectivity index (χ2v) is 4.04. The maximum Gasteiger partial charge on any atom is 0.249 e. The molecule has 1 amide bonds. The smallest absolute Gasteiger partial charge is 0.249 e. The van der Waals surface area contributed by atoms with Crippen molar-refractivity contribution in [2.75, 3.05) is 11.9 Å². The summed E-state index contributed by atoms with van der Waals surface area (Å²) in [6, 6.07) is 1.56. The molecule has 0 radical (unpaired) electrons. The van der Waals surface area contributed by atoms with E-state index >= 15 is 0 Å². The molecule has 0 aliphatic carbocycles. The van der Waals surface area contributed by atoms with E-state index in [1.807, 2.05) is 0 Å². The molecule has 0 spiro atoms. The molecule has 17 heavy (non-hydrogen) atoms. The normalized spacial score (nSPS) is 21.5. The number of anilines is 1. The van der Waals surface area contributed by atoms with Gasteiger partial charge in [0.1, 0.15) is 12.1 Å². The molecule has 5 nitrogen and oxygen atoms in total. The standard InChI is InChI=1S/C12H16N4O/c1-9-4-3-5-10(13-2)12(17)16(9)11-6-7-14-8-15-11/h6-8,10,13H,1,3-5H2,2H3. The van der Waals surface area contributed by atoms with Crippen molar-refractivity contribution < 1.29 is 4.79 Å². The second-order valence-electron chi connectivity index (χ2n) is 4.04. The van der Waals surface area contributed by atoms with E-state index in [4.69, 9.17) is 0 Å². The third-order valence-corrected chi connectivity index (χ3v) is 2.94. The summed E-state index contributed by atoms with van der Waals surface area (Å²) >= 11 is 0. The maximum atomic E-state index is 12.3. The lowest BCUT2D eigenvalue weighted by molar-refractivity contribution is -0.120. The van der Waals surface area contributed by atoms with Gasteiger partial charge in [0, 0.05) is 11.9 Å². The van der Waals surface area contributed by atoms with Crippen LogP contribution in [-0.4, -0.2) is 29.0 Å². The van der Waals surface area contributed by atoms with Crippen LogP contribution in [0, 0.1) is 0 Å². The van der Waals surface area contributed by atoms with Crippen molar-refractivity contribution in [1.82, 2.24) is 15.3 Å². The first kappa shape index (κ1) is 11.7. The highest BCUT2D eigenvalue weighted by atomic mass is 16.2. The summed E-state index contributed by atoms with van der Waals surface area (Å²) in [7, 11) is 1.80. The van der Waals surface area contributed by atoms with Gasteiger partial charge in [-0.1, -0.05) is 6.58 Å². The number of hydrogen-bond acceptors (Lipinski definition) is 4. The summed E-state index contributed by atoms with van der Waals surface area (Å²) in [6.07, 6.45) is 5.67. The first-order valence-electron chi connectivity index (χ1n) is 5.69. The van der Waals surface area contributed by atoms with Gasteiger partial charge in [0.2, 0.25) is 5.91 Å². The highest BCUT2D eigenvalue weighted by Crippen LogP contribution is 2.24. The van der Waals surface area contributed by atoms with E-state index in [-0.39, 0.29) is 11.9 Å². The molecule has 0 bridgehead atoms. The summed E-state index contributed by atoms with van der Waals surface area (Å²) in [5.74, 6) is 0.603. The van der Waals surface area contributed by atoms with Crippen LogP contribution in [-0.2, 0) is 4.79 Å². The molecule has 1 unspecified atom stereocenters. The summed E-state index contributed by atoms with van der Waals surface area (Å²) in [6.45, 7) is 3.97. The molecule has 5 heteroatoms. The molecule has 1 aromatic rings. The number of carbonyl (C=O) groups is 1. The average Bonchev–Trinajstić information content (AvgIpc) is 2.49. The summed E-state index contributed by atoms with van der Waals surface area (Å²) in [5, 5.41) is 3.04. The van der Waals surface area contributed by atoms with E-state index in [1.165, 1.54) is 6.33 Å². The minimum atomic E-state index is -0.163. The predicted molar refractivity (Wildman–Crippen MR) is 65.4 cm³/mol. The Kier molecular flexibility index (Phi) is 3.49. The van der Waals surface area contributed by atoms with Crippen LogP contribution in [0.15, 0.2) is 30.9 Å². The minimum absolute atomic E-state index is 0.00806. The van der Waals surface area contributed by atoms with E-state index in [0.717, 1.165) is 25.0 Å². The van der Waals surface area contributed by atoms with Gasteiger partial charge in [-0.25, -0.2) is 9.97 Å². The Bertz CT molecular complexity index is 418. The van der Waals surface area contributed by atoms with Gasteiger partial charge in [-0.05, 0) is 32.4 Å². The zero-order valence-corrected chi connectivity index (χ0v) is 9.89. The van der Waals surface area contributed by atoms with Crippen molar-refractivity contribution in [1.29, 1.82) is 0 Å². The van der Waals surface area contributed by atoms with Gasteiger partial charge < -0.3 is 5.32 Å². The van der Waals surface area contributed by atoms with Crippen molar-refractivity contribution in [3.05, 3.63) is 30.9 Å². The molecule has 1 aliphatic heterocycles. The Morgan fingerprint density at radius 1 is 1.59 bits per heavy atom. The fraction of sp³-hybridized carbons (Fsp3) is 0.417. The quantitative estimate of drug-likeness (QED) is 0.829. The van der Waals surface area contributed by atoms with Crippen LogP contribution >= 0.6 is 0 Å². The Labute approximate surface area is 101 Å². The fourth-order valence-electron chi connectivity index (χ4n) is 2.02. The lowest BCUT2D eigenvalue weighted by Crippen LogP contribution is -2.43. The number of hydrogen-bond donors (Lipinski definition) is 1. The van der Waals surface area contributed by atoms with E-state index in [9.17, 15) is 4.79 Å². The monoisotopic (exact) mass is 232 g/mol. The lowest BCUT2D eigenvalue weighted by atomic mass is 10.1. The zero-order valence-electron chi connectivity index (χ0n) is 9.89. The number of amides is 1. The predicted octanol–water partition coefficient (Wildman–Crippen LogP) is 1.10. The van der Waals surface area contributed by atoms with Gasteiger partial charge in [-0.2, -0.15) is 0 Å². The van der Waals surface area contributed by atoms with Gasteiger partial charge in [0.25, 0.3) is 0 Å². The van der Waals surface area contributed by atoms with Gasteiger partial charge >= 0.3 is 0 Å². The van der Waals surface area contributed by atoms with Gasteiger partial charge in [0.15, 0.2) is 0 Å². The number of nitrogens with zero attached hydrogens (tertiary/aromatic N) is 3. The van der Waals surface area contributed by atoms with Crippen LogP contribution in [0.3, 0.4) is 0 Å². The Hall–Kier alpha value is -1.75. The van der Waals surface area contributed by atoms with Crippen LogP contribution in [0.2, 0.25) is 0 Å². The maximum absolute atomic E-state index is 12.3. The number of rotatable bonds is 2. The third kappa shape index (κ3) is 2.34. The van der Waals surface area contributed by atoms with Crippen molar-refractivity contribution >= 4 is 11.7 Å². The van der Waals surface area contributed by atoms with Crippen molar-refractivity contribution in [2.24, 2.45) is 0 Å². The van der Waals surface area contributed by atoms with Crippen molar-refractivity contribution in [3.8, 4) is 0 Å². The van der Waals surface area contributed by atoms with E-state index in [2.05, 4.69) is 21.9 Å². The van der Waals surface area contributed by atoms with Crippen molar-refractivity contribution in [2.45, 2.75) is 25.3 Å². The Balaban J connectivity index is 2.34. The second kappa shape index (κ2) is 5.05.